The van der Waals surface area contributed by atoms with Crippen molar-refractivity contribution in [3.63, 3.8) is 0 Å². The molecule has 4 rings (SSSR count). The molecule has 0 aromatic carbocycles. The van der Waals surface area contributed by atoms with Crippen LogP contribution >= 0.6 is 45.2 Å². The highest BCUT2D eigenvalue weighted by molar-refractivity contribution is 14.1. The van der Waals surface area contributed by atoms with Gasteiger partial charge < -0.3 is 0 Å². The molecule has 0 saturated carbocycles. The van der Waals surface area contributed by atoms with Crippen LogP contribution in [0.1, 0.15) is 25.7 Å². The van der Waals surface area contributed by atoms with Crippen molar-refractivity contribution in [3.8, 4) is 0 Å². The van der Waals surface area contributed by atoms with Gasteiger partial charge in [0.15, 0.2) is 0 Å². The van der Waals surface area contributed by atoms with Gasteiger partial charge in [0, 0.05) is 15.8 Å². The molecule has 2 heteroatoms. The van der Waals surface area contributed by atoms with Crippen molar-refractivity contribution in [2.75, 3.05) is 0 Å². The molecule has 0 nitrogen and oxygen atoms in total. The Hall–Kier alpha value is 0.160. The van der Waals surface area contributed by atoms with Crippen LogP contribution in [0.5, 0.6) is 0 Å². The number of allylic oxidation sites excluding steroid dienone is 10. The minimum Gasteiger partial charge on any atom is -0.0839 e. The van der Waals surface area contributed by atoms with Crippen molar-refractivity contribution in [1.82, 2.24) is 0 Å². The second-order valence-corrected chi connectivity index (χ2v) is 9.21. The predicted octanol–water partition coefficient (Wildman–Crippen LogP) is 5.91. The summed E-state index contributed by atoms with van der Waals surface area (Å²) in [5, 5.41) is 0. The van der Waals surface area contributed by atoms with E-state index in [2.05, 4.69) is 81.6 Å². The fourth-order valence-corrected chi connectivity index (χ4v) is 5.70. The molecule has 0 radical (unpaired) electrons. The summed E-state index contributed by atoms with van der Waals surface area (Å²) in [6, 6.07) is 0. The van der Waals surface area contributed by atoms with Gasteiger partial charge >= 0.3 is 0 Å². The van der Waals surface area contributed by atoms with E-state index in [1.807, 2.05) is 0 Å². The molecule has 4 atom stereocenters. The maximum Gasteiger partial charge on any atom is 0.0295 e. The maximum atomic E-state index is 2.59. The average molecular weight is 488 g/mol. The summed E-state index contributed by atoms with van der Waals surface area (Å²) in [4.78, 5) is 0. The molecule has 0 saturated heterocycles. The summed E-state index contributed by atoms with van der Waals surface area (Å²) in [5.41, 5.74) is 5.16. The molecule has 0 spiro atoms. The van der Waals surface area contributed by atoms with Crippen molar-refractivity contribution in [2.24, 2.45) is 17.8 Å². The van der Waals surface area contributed by atoms with Gasteiger partial charge in [0.1, 0.15) is 0 Å². The zero-order valence-electron chi connectivity index (χ0n) is 11.4. The molecule has 104 valence electrons. The molecule has 20 heavy (non-hydrogen) atoms. The third-order valence-electron chi connectivity index (χ3n) is 5.15. The third kappa shape index (κ3) is 2.21. The standard InChI is InChI=1S/C18H18I2/c19-11-5-7-15-16-8-6-12(20)10-18(16)14-4-2-1-3-13(14)17(15)9-11/h1,3,5-8,11,15,17-18H,2,4,9-10H2/t11?,15?,17-,18?/m1/s1. The first-order chi connectivity index (χ1) is 9.74. The number of fused-ring (bicyclic) bond motifs is 5. The Balaban J connectivity index is 1.86. The number of hydrogen-bond acceptors (Lipinski definition) is 0. The van der Waals surface area contributed by atoms with Gasteiger partial charge in [-0.05, 0) is 63.3 Å². The number of rotatable bonds is 0. The Morgan fingerprint density at radius 1 is 1.15 bits per heavy atom. The molecule has 0 aromatic rings. The summed E-state index contributed by atoms with van der Waals surface area (Å²) < 4.78 is 2.22. The van der Waals surface area contributed by atoms with Crippen LogP contribution < -0.4 is 0 Å². The van der Waals surface area contributed by atoms with E-state index in [-0.39, 0.29) is 0 Å². The van der Waals surface area contributed by atoms with Crippen LogP contribution in [0.25, 0.3) is 0 Å². The monoisotopic (exact) mass is 488 g/mol. The van der Waals surface area contributed by atoms with Gasteiger partial charge in [-0.15, -0.1) is 0 Å². The van der Waals surface area contributed by atoms with Crippen LogP contribution in [0.4, 0.5) is 0 Å². The SMILES string of the molecule is IC1=CC=C2C(C1)C1=C(C=CCC1)[C@H]1CC(I)C=CC21. The topological polar surface area (TPSA) is 0 Å². The highest BCUT2D eigenvalue weighted by atomic mass is 127. The zero-order valence-corrected chi connectivity index (χ0v) is 15.7. The molecule has 0 fully saturated rings. The zero-order chi connectivity index (χ0) is 13.7. The molecule has 0 amide bonds. The summed E-state index contributed by atoms with van der Waals surface area (Å²) in [6.07, 6.45) is 19.7. The first-order valence-corrected chi connectivity index (χ1v) is 9.84. The lowest BCUT2D eigenvalue weighted by atomic mass is 9.61. The van der Waals surface area contributed by atoms with Gasteiger partial charge in [0.25, 0.3) is 0 Å². The Morgan fingerprint density at radius 3 is 2.95 bits per heavy atom. The maximum absolute atomic E-state index is 2.59. The van der Waals surface area contributed by atoms with Crippen molar-refractivity contribution < 1.29 is 0 Å². The van der Waals surface area contributed by atoms with Crippen LogP contribution in [-0.2, 0) is 0 Å². The quantitative estimate of drug-likeness (QED) is 0.226. The smallest absolute Gasteiger partial charge is 0.0295 e. The fraction of sp³-hybridized carbons (Fsp3) is 0.444. The van der Waals surface area contributed by atoms with Gasteiger partial charge in [0.05, 0.1) is 0 Å². The van der Waals surface area contributed by atoms with Crippen molar-refractivity contribution in [3.05, 3.63) is 56.8 Å². The van der Waals surface area contributed by atoms with Crippen molar-refractivity contribution in [2.45, 2.75) is 29.6 Å². The molecular weight excluding hydrogens is 470 g/mol. The lowest BCUT2D eigenvalue weighted by molar-refractivity contribution is 0.397. The van der Waals surface area contributed by atoms with Crippen LogP contribution in [0.15, 0.2) is 56.8 Å². The first-order valence-electron chi connectivity index (χ1n) is 7.52. The molecule has 0 bridgehead atoms. The van der Waals surface area contributed by atoms with E-state index >= 15 is 0 Å². The van der Waals surface area contributed by atoms with Crippen LogP contribution in [0.3, 0.4) is 0 Å². The Bertz CT molecular complexity index is 589. The van der Waals surface area contributed by atoms with Gasteiger partial charge in [-0.2, -0.15) is 0 Å². The summed E-state index contributed by atoms with van der Waals surface area (Å²) in [7, 11) is 0. The Kier molecular flexibility index (Phi) is 3.74. The molecule has 0 aliphatic heterocycles. The normalized spacial score (nSPS) is 38.7. The summed E-state index contributed by atoms with van der Waals surface area (Å²) >= 11 is 5.11. The average Bonchev–Trinajstić information content (AvgIpc) is 2.47. The minimum atomic E-state index is 0.660. The molecular formula is C18H18I2. The van der Waals surface area contributed by atoms with E-state index in [0.717, 1.165) is 5.92 Å². The second-order valence-electron chi connectivity index (χ2n) is 6.23. The molecule has 4 aliphatic carbocycles. The van der Waals surface area contributed by atoms with Gasteiger partial charge in [-0.25, -0.2) is 0 Å². The van der Waals surface area contributed by atoms with Crippen molar-refractivity contribution >= 4 is 45.2 Å². The minimum absolute atomic E-state index is 0.660. The van der Waals surface area contributed by atoms with Gasteiger partial charge in [-0.1, -0.05) is 70.2 Å². The second kappa shape index (κ2) is 5.41. The molecule has 4 aliphatic rings. The number of alkyl halides is 1. The molecule has 3 unspecified atom stereocenters. The molecule has 0 heterocycles. The lowest BCUT2D eigenvalue weighted by Crippen LogP contribution is -2.34. The Labute approximate surface area is 148 Å². The van der Waals surface area contributed by atoms with Crippen molar-refractivity contribution in [1.29, 1.82) is 0 Å². The van der Waals surface area contributed by atoms with Crippen LogP contribution in [-0.4, -0.2) is 3.92 Å². The predicted molar refractivity (Wildman–Crippen MR) is 102 cm³/mol. The lowest BCUT2D eigenvalue weighted by Gasteiger charge is -2.45. The van der Waals surface area contributed by atoms with E-state index in [9.17, 15) is 0 Å². The summed E-state index contributed by atoms with van der Waals surface area (Å²) in [6.45, 7) is 0. The van der Waals surface area contributed by atoms with Crippen LogP contribution in [0.2, 0.25) is 0 Å². The van der Waals surface area contributed by atoms with E-state index in [0.29, 0.717) is 15.8 Å². The van der Waals surface area contributed by atoms with E-state index in [1.54, 1.807) is 16.7 Å². The fourth-order valence-electron chi connectivity index (χ4n) is 4.30. The number of halogens is 2. The van der Waals surface area contributed by atoms with Crippen LogP contribution in [0, 0.1) is 17.8 Å². The molecule has 0 N–H and O–H groups in total. The summed E-state index contributed by atoms with van der Waals surface area (Å²) in [5.74, 6) is 2.09. The van der Waals surface area contributed by atoms with Gasteiger partial charge in [0.2, 0.25) is 0 Å². The van der Waals surface area contributed by atoms with E-state index in [4.69, 9.17) is 0 Å². The van der Waals surface area contributed by atoms with Gasteiger partial charge in [-0.3, -0.25) is 0 Å². The van der Waals surface area contributed by atoms with E-state index in [1.165, 1.54) is 29.3 Å². The highest BCUT2D eigenvalue weighted by Crippen LogP contribution is 2.53. The largest absolute Gasteiger partial charge is 0.0839 e. The highest BCUT2D eigenvalue weighted by Gasteiger charge is 2.41. The first kappa shape index (κ1) is 13.8. The number of hydrogen-bond donors (Lipinski definition) is 0. The molecule has 0 aromatic heterocycles. The Morgan fingerprint density at radius 2 is 2.05 bits per heavy atom. The third-order valence-corrected chi connectivity index (χ3v) is 6.88. The van der Waals surface area contributed by atoms with E-state index < -0.39 is 0 Å².